The molecule has 25 heavy (non-hydrogen) atoms. The summed E-state index contributed by atoms with van der Waals surface area (Å²) in [6, 6.07) is 14.8. The molecule has 0 heterocycles. The number of nitrogen functional groups attached to an aromatic ring is 1. The molecule has 0 saturated heterocycles. The highest BCUT2D eigenvalue weighted by atomic mass is 32.2. The van der Waals surface area contributed by atoms with Crippen LogP contribution >= 0.6 is 0 Å². The Hall–Kier alpha value is -2.97. The summed E-state index contributed by atoms with van der Waals surface area (Å²) in [5.74, 6) is 0.401. The average molecular weight is 357 g/mol. The Morgan fingerprint density at radius 1 is 1.00 bits per heavy atom. The highest BCUT2D eigenvalue weighted by Gasteiger charge is 2.19. The third-order valence-corrected chi connectivity index (χ3v) is 4.53. The first-order valence-electron chi connectivity index (χ1n) is 7.24. The molecule has 0 unspecified atom stereocenters. The fourth-order valence-corrected chi connectivity index (χ4v) is 3.30. The quantitative estimate of drug-likeness (QED) is 0.414. The molecule has 0 fully saturated rings. The Bertz CT molecular complexity index is 1080. The summed E-state index contributed by atoms with van der Waals surface area (Å²) in [6.07, 6.45) is 0. The van der Waals surface area contributed by atoms with E-state index < -0.39 is 10.1 Å². The lowest BCUT2D eigenvalue weighted by Gasteiger charge is -2.07. The van der Waals surface area contributed by atoms with Crippen LogP contribution in [0, 0.1) is 0 Å². The van der Waals surface area contributed by atoms with Gasteiger partial charge in [-0.15, -0.1) is 10.2 Å². The van der Waals surface area contributed by atoms with E-state index in [1.807, 2.05) is 0 Å². The molecule has 3 N–H and O–H groups in total. The van der Waals surface area contributed by atoms with Crippen molar-refractivity contribution in [3.05, 3.63) is 54.6 Å². The molecule has 0 saturated carbocycles. The molecule has 0 aliphatic carbocycles. The predicted octanol–water partition coefficient (Wildman–Crippen LogP) is 4.09. The average Bonchev–Trinajstić information content (AvgIpc) is 2.59. The minimum absolute atomic E-state index is 0.0279. The Morgan fingerprint density at radius 3 is 2.40 bits per heavy atom. The lowest BCUT2D eigenvalue weighted by atomic mass is 10.1. The van der Waals surface area contributed by atoms with Gasteiger partial charge in [0.1, 0.15) is 22.0 Å². The van der Waals surface area contributed by atoms with Crippen LogP contribution in [0.1, 0.15) is 0 Å². The van der Waals surface area contributed by atoms with Crippen LogP contribution in [0.2, 0.25) is 0 Å². The first kappa shape index (κ1) is 16.9. The number of hydrogen-bond acceptors (Lipinski definition) is 6. The lowest BCUT2D eigenvalue weighted by Crippen LogP contribution is -1.99. The lowest BCUT2D eigenvalue weighted by molar-refractivity contribution is 0.416. The van der Waals surface area contributed by atoms with Gasteiger partial charge in [-0.05, 0) is 23.6 Å². The second-order valence-corrected chi connectivity index (χ2v) is 6.60. The highest BCUT2D eigenvalue weighted by molar-refractivity contribution is 7.86. The van der Waals surface area contributed by atoms with Gasteiger partial charge in [0.05, 0.1) is 7.11 Å². The van der Waals surface area contributed by atoms with E-state index in [0.717, 1.165) is 0 Å². The molecule has 0 aromatic heterocycles. The van der Waals surface area contributed by atoms with Crippen molar-refractivity contribution in [2.45, 2.75) is 4.90 Å². The topological polar surface area (TPSA) is 114 Å². The zero-order chi connectivity index (χ0) is 18.0. The zero-order valence-corrected chi connectivity index (χ0v) is 14.1. The van der Waals surface area contributed by atoms with Crippen molar-refractivity contribution >= 4 is 38.0 Å². The fourth-order valence-electron chi connectivity index (χ4n) is 2.47. The summed E-state index contributed by atoms with van der Waals surface area (Å²) in [6.45, 7) is 0. The van der Waals surface area contributed by atoms with E-state index in [1.165, 1.54) is 13.2 Å². The van der Waals surface area contributed by atoms with E-state index in [4.69, 9.17) is 10.5 Å². The van der Waals surface area contributed by atoms with Gasteiger partial charge in [-0.2, -0.15) is 8.42 Å². The Kier molecular flexibility index (Phi) is 4.39. The predicted molar refractivity (Wildman–Crippen MR) is 95.3 cm³/mol. The molecule has 0 radical (unpaired) electrons. The number of methoxy groups -OCH3 is 1. The Labute approximate surface area is 144 Å². The number of benzene rings is 3. The van der Waals surface area contributed by atoms with Crippen LogP contribution in [0.25, 0.3) is 10.8 Å². The third-order valence-electron chi connectivity index (χ3n) is 3.59. The van der Waals surface area contributed by atoms with Crippen molar-refractivity contribution in [1.82, 2.24) is 0 Å². The molecule has 3 aromatic carbocycles. The molecule has 0 atom stereocenters. The van der Waals surface area contributed by atoms with Crippen LogP contribution in [-0.4, -0.2) is 20.1 Å². The van der Waals surface area contributed by atoms with E-state index >= 15 is 0 Å². The molecule has 0 aliphatic heterocycles. The van der Waals surface area contributed by atoms with Crippen LogP contribution in [-0.2, 0) is 10.1 Å². The first-order valence-corrected chi connectivity index (χ1v) is 8.68. The molecule has 3 aromatic rings. The van der Waals surface area contributed by atoms with Gasteiger partial charge < -0.3 is 10.5 Å². The SMILES string of the molecule is COc1cc(N)ccc1N=Nc1ccc2ccccc2c1S(=O)(=O)O. The third kappa shape index (κ3) is 3.44. The van der Waals surface area contributed by atoms with Crippen molar-refractivity contribution < 1.29 is 17.7 Å². The summed E-state index contributed by atoms with van der Waals surface area (Å²) in [5.41, 5.74) is 6.60. The normalized spacial score (nSPS) is 11.9. The molecule has 0 spiro atoms. The molecule has 128 valence electrons. The highest BCUT2D eigenvalue weighted by Crippen LogP contribution is 2.35. The maximum atomic E-state index is 11.9. The van der Waals surface area contributed by atoms with Crippen LogP contribution in [0.4, 0.5) is 17.1 Å². The van der Waals surface area contributed by atoms with Crippen LogP contribution in [0.3, 0.4) is 0 Å². The molecule has 3 rings (SSSR count). The number of azo groups is 1. The first-order chi connectivity index (χ1) is 11.9. The van der Waals surface area contributed by atoms with E-state index in [0.29, 0.717) is 27.9 Å². The van der Waals surface area contributed by atoms with E-state index in [9.17, 15) is 13.0 Å². The summed E-state index contributed by atoms with van der Waals surface area (Å²) in [4.78, 5) is -0.288. The second-order valence-electron chi connectivity index (χ2n) is 5.24. The van der Waals surface area contributed by atoms with Gasteiger partial charge in [-0.1, -0.05) is 30.3 Å². The largest absolute Gasteiger partial charge is 0.494 e. The maximum absolute atomic E-state index is 11.9. The van der Waals surface area contributed by atoms with Crippen molar-refractivity contribution in [1.29, 1.82) is 0 Å². The van der Waals surface area contributed by atoms with Crippen LogP contribution in [0.5, 0.6) is 5.75 Å². The monoisotopic (exact) mass is 357 g/mol. The summed E-state index contributed by atoms with van der Waals surface area (Å²) < 4.78 is 38.5. The van der Waals surface area contributed by atoms with Gasteiger partial charge in [-0.25, -0.2) is 0 Å². The summed E-state index contributed by atoms with van der Waals surface area (Å²) >= 11 is 0. The molecule has 7 nitrogen and oxygen atoms in total. The van der Waals surface area contributed by atoms with E-state index in [-0.39, 0.29) is 10.6 Å². The number of nitrogens with two attached hydrogens (primary N) is 1. The minimum atomic E-state index is -4.49. The summed E-state index contributed by atoms with van der Waals surface area (Å²) in [5, 5.41) is 9.07. The van der Waals surface area contributed by atoms with Crippen molar-refractivity contribution in [2.75, 3.05) is 12.8 Å². The fraction of sp³-hybridized carbons (Fsp3) is 0.0588. The smallest absolute Gasteiger partial charge is 0.297 e. The molecule has 0 bridgehead atoms. The van der Waals surface area contributed by atoms with E-state index in [1.54, 1.807) is 48.5 Å². The van der Waals surface area contributed by atoms with Crippen LogP contribution in [0.15, 0.2) is 69.7 Å². The molecule has 8 heteroatoms. The van der Waals surface area contributed by atoms with Gasteiger partial charge >= 0.3 is 0 Å². The van der Waals surface area contributed by atoms with Gasteiger partial charge in [0, 0.05) is 17.1 Å². The number of rotatable bonds is 4. The zero-order valence-electron chi connectivity index (χ0n) is 13.2. The second kappa shape index (κ2) is 6.50. The summed E-state index contributed by atoms with van der Waals surface area (Å²) in [7, 11) is -3.03. The standard InChI is InChI=1S/C17H15N3O4S/c1-24-16-10-12(18)7-9-14(16)19-20-15-8-6-11-4-2-3-5-13(11)17(15)25(21,22)23/h2-10H,18H2,1H3,(H,21,22,23). The molecular weight excluding hydrogens is 342 g/mol. The molecule has 0 aliphatic rings. The van der Waals surface area contributed by atoms with Crippen LogP contribution < -0.4 is 10.5 Å². The Morgan fingerprint density at radius 2 is 1.68 bits per heavy atom. The van der Waals surface area contributed by atoms with Gasteiger partial charge in [0.25, 0.3) is 10.1 Å². The van der Waals surface area contributed by atoms with Gasteiger partial charge in [0.15, 0.2) is 0 Å². The number of hydrogen-bond donors (Lipinski definition) is 2. The van der Waals surface area contributed by atoms with Crippen molar-refractivity contribution in [2.24, 2.45) is 10.2 Å². The Balaban J connectivity index is 2.17. The number of anilines is 1. The number of ether oxygens (including phenoxy) is 1. The van der Waals surface area contributed by atoms with Crippen molar-refractivity contribution in [3.8, 4) is 5.75 Å². The van der Waals surface area contributed by atoms with Crippen molar-refractivity contribution in [3.63, 3.8) is 0 Å². The maximum Gasteiger partial charge on any atom is 0.297 e. The number of nitrogens with zero attached hydrogens (tertiary/aromatic N) is 2. The van der Waals surface area contributed by atoms with E-state index in [2.05, 4.69) is 10.2 Å². The molecule has 0 amide bonds. The van der Waals surface area contributed by atoms with Gasteiger partial charge in [-0.3, -0.25) is 4.55 Å². The number of fused-ring (bicyclic) bond motifs is 1. The van der Waals surface area contributed by atoms with Gasteiger partial charge in [0.2, 0.25) is 0 Å². The minimum Gasteiger partial charge on any atom is -0.494 e. The molecular formula is C17H15N3O4S.